The molecule has 0 spiro atoms. The second kappa shape index (κ2) is 7.59. The lowest BCUT2D eigenvalue weighted by Gasteiger charge is -2.61. The zero-order chi connectivity index (χ0) is 23.9. The fourth-order valence-electron chi connectivity index (χ4n) is 9.26. The van der Waals surface area contributed by atoms with Gasteiger partial charge in [0.25, 0.3) is 0 Å². The molecule has 2 aromatic heterocycles. The monoisotopic (exact) mass is 467 g/mol. The normalized spacial score (nSPS) is 43.9. The first kappa shape index (κ1) is 22.6. The molecular formula is C28H38FN3O2. The van der Waals surface area contributed by atoms with Gasteiger partial charge in [0, 0.05) is 23.6 Å². The van der Waals surface area contributed by atoms with Gasteiger partial charge in [-0.15, -0.1) is 0 Å². The first-order chi connectivity index (χ1) is 16.1. The fraction of sp³-hybridized carbons (Fsp3) is 0.750. The number of hydrogen-bond donors (Lipinski definition) is 1. The molecule has 2 heterocycles. The smallest absolute Gasteiger partial charge is 0.213 e. The minimum atomic E-state index is -0.522. The van der Waals surface area contributed by atoms with E-state index in [2.05, 4.69) is 23.9 Å². The van der Waals surface area contributed by atoms with Crippen LogP contribution in [-0.4, -0.2) is 31.3 Å². The molecule has 5 nitrogen and oxygen atoms in total. The van der Waals surface area contributed by atoms with Crippen LogP contribution in [0, 0.1) is 46.4 Å². The van der Waals surface area contributed by atoms with Crippen LogP contribution in [0.25, 0.3) is 10.9 Å². The summed E-state index contributed by atoms with van der Waals surface area (Å²) in [6, 6.07) is 1.37. The average molecular weight is 468 g/mol. The molecule has 4 saturated carbocycles. The summed E-state index contributed by atoms with van der Waals surface area (Å²) in [5.74, 6) is 2.53. The zero-order valence-electron chi connectivity index (χ0n) is 20.8. The molecule has 34 heavy (non-hydrogen) atoms. The van der Waals surface area contributed by atoms with E-state index in [1.54, 1.807) is 10.9 Å². The standard InChI is InChI=1S/C28H38FN3O2/c1-26(34)10-11-27(2)18(13-26)4-5-19-20-6-7-22(28(20,3)9-8-21(19)27)24(33)16-32-15-17-12-25(29)30-14-23(17)31-32/h12,14-15,18-22,34H,4-11,13,16H2,1-3H3/t18-,19-,20-,21-,22+,26+,27-,28-/m0/s1. The highest BCUT2D eigenvalue weighted by molar-refractivity contribution is 5.83. The van der Waals surface area contributed by atoms with E-state index in [1.165, 1.54) is 31.5 Å². The molecule has 0 saturated heterocycles. The van der Waals surface area contributed by atoms with Crippen molar-refractivity contribution in [3.8, 4) is 0 Å². The Hall–Kier alpha value is -1.82. The maximum absolute atomic E-state index is 13.6. The number of Topliss-reactive ketones (excluding diaryl/α,β-unsaturated/α-hetero) is 1. The summed E-state index contributed by atoms with van der Waals surface area (Å²) < 4.78 is 15.1. The van der Waals surface area contributed by atoms with Gasteiger partial charge in [0.15, 0.2) is 5.78 Å². The van der Waals surface area contributed by atoms with Crippen LogP contribution in [0.1, 0.15) is 78.6 Å². The Morgan fingerprint density at radius 3 is 2.71 bits per heavy atom. The summed E-state index contributed by atoms with van der Waals surface area (Å²) in [7, 11) is 0. The quantitative estimate of drug-likeness (QED) is 0.601. The van der Waals surface area contributed by atoms with Crippen molar-refractivity contribution < 1.29 is 14.3 Å². The number of pyridine rings is 1. The summed E-state index contributed by atoms with van der Waals surface area (Å²) in [6.45, 7) is 7.19. The number of rotatable bonds is 3. The molecule has 8 atom stereocenters. The molecule has 0 bridgehead atoms. The van der Waals surface area contributed by atoms with Gasteiger partial charge >= 0.3 is 0 Å². The SMILES string of the molecule is C[C@@]1(O)CC[C@@]2(C)[C@@H](CC[C@@H]3[C@@H]2CC[C@]2(C)[C@@H](C(=O)Cn4cc5cc(F)ncc5n4)CC[C@@H]32)C1. The number of hydrogen-bond acceptors (Lipinski definition) is 4. The molecule has 6 heteroatoms. The van der Waals surface area contributed by atoms with Crippen LogP contribution in [0.4, 0.5) is 4.39 Å². The second-order valence-electron chi connectivity index (χ2n) is 12.9. The van der Waals surface area contributed by atoms with Crippen LogP contribution in [0.2, 0.25) is 0 Å². The van der Waals surface area contributed by atoms with Gasteiger partial charge < -0.3 is 5.11 Å². The zero-order valence-corrected chi connectivity index (χ0v) is 20.8. The molecule has 0 unspecified atom stereocenters. The van der Waals surface area contributed by atoms with E-state index in [9.17, 15) is 14.3 Å². The van der Waals surface area contributed by atoms with E-state index < -0.39 is 11.5 Å². The van der Waals surface area contributed by atoms with Crippen LogP contribution in [0.15, 0.2) is 18.5 Å². The molecule has 0 aliphatic heterocycles. The molecule has 0 aromatic carbocycles. The second-order valence-corrected chi connectivity index (χ2v) is 12.9. The van der Waals surface area contributed by atoms with E-state index >= 15 is 0 Å². The Morgan fingerprint density at radius 1 is 1.09 bits per heavy atom. The van der Waals surface area contributed by atoms with Crippen LogP contribution < -0.4 is 0 Å². The number of fused-ring (bicyclic) bond motifs is 6. The van der Waals surface area contributed by atoms with Crippen molar-refractivity contribution in [2.75, 3.05) is 0 Å². The predicted molar refractivity (Wildman–Crippen MR) is 128 cm³/mol. The van der Waals surface area contributed by atoms with Crippen LogP contribution in [0.3, 0.4) is 0 Å². The Bertz CT molecular complexity index is 1130. The number of carbonyl (C=O) groups is 1. The molecule has 2 aromatic rings. The van der Waals surface area contributed by atoms with E-state index in [0.29, 0.717) is 34.1 Å². The van der Waals surface area contributed by atoms with Gasteiger partial charge in [-0.25, -0.2) is 4.98 Å². The summed E-state index contributed by atoms with van der Waals surface area (Å²) in [5, 5.41) is 15.9. The van der Waals surface area contributed by atoms with Crippen molar-refractivity contribution >= 4 is 16.7 Å². The topological polar surface area (TPSA) is 68.0 Å². The van der Waals surface area contributed by atoms with Crippen molar-refractivity contribution in [1.29, 1.82) is 0 Å². The number of aliphatic hydroxyl groups is 1. The molecule has 0 radical (unpaired) electrons. The van der Waals surface area contributed by atoms with E-state index in [-0.39, 0.29) is 23.7 Å². The van der Waals surface area contributed by atoms with Gasteiger partial charge in [-0.2, -0.15) is 9.49 Å². The molecule has 4 aliphatic rings. The molecule has 6 rings (SSSR count). The molecule has 0 amide bonds. The lowest BCUT2D eigenvalue weighted by atomic mass is 9.44. The van der Waals surface area contributed by atoms with Crippen molar-refractivity contribution in [2.45, 2.75) is 90.7 Å². The van der Waals surface area contributed by atoms with E-state index in [4.69, 9.17) is 0 Å². The summed E-state index contributed by atoms with van der Waals surface area (Å²) >= 11 is 0. The maximum Gasteiger partial charge on any atom is 0.213 e. The third-order valence-corrected chi connectivity index (χ3v) is 11.1. The number of nitrogens with zero attached hydrogens (tertiary/aromatic N) is 3. The highest BCUT2D eigenvalue weighted by Gasteiger charge is 2.61. The Morgan fingerprint density at radius 2 is 1.88 bits per heavy atom. The van der Waals surface area contributed by atoms with Crippen molar-refractivity contribution in [2.24, 2.45) is 40.4 Å². The highest BCUT2D eigenvalue weighted by atomic mass is 19.1. The van der Waals surface area contributed by atoms with Gasteiger partial charge in [0.05, 0.1) is 18.3 Å². The molecule has 184 valence electrons. The van der Waals surface area contributed by atoms with Crippen LogP contribution in [-0.2, 0) is 11.3 Å². The fourth-order valence-corrected chi connectivity index (χ4v) is 9.26. The largest absolute Gasteiger partial charge is 0.390 e. The lowest BCUT2D eigenvalue weighted by molar-refractivity contribution is -0.151. The Kier molecular flexibility index (Phi) is 5.05. The molecule has 4 aliphatic carbocycles. The predicted octanol–water partition coefficient (Wildman–Crippen LogP) is 5.55. The average Bonchev–Trinajstić information content (AvgIpc) is 3.33. The van der Waals surface area contributed by atoms with Crippen molar-refractivity contribution in [3.05, 3.63) is 24.4 Å². The third kappa shape index (κ3) is 3.38. The van der Waals surface area contributed by atoms with Crippen molar-refractivity contribution in [1.82, 2.24) is 14.8 Å². The molecule has 4 fully saturated rings. The Labute approximate surface area is 201 Å². The number of aromatic nitrogens is 3. The highest BCUT2D eigenvalue weighted by Crippen LogP contribution is 2.68. The Balaban J connectivity index is 1.20. The number of ketones is 1. The minimum Gasteiger partial charge on any atom is -0.390 e. The summed E-state index contributed by atoms with van der Waals surface area (Å²) in [6.07, 6.45) is 13.2. The first-order valence-electron chi connectivity index (χ1n) is 13.3. The van der Waals surface area contributed by atoms with E-state index in [1.807, 2.05) is 6.92 Å². The number of halogens is 1. The van der Waals surface area contributed by atoms with Gasteiger partial charge in [0.2, 0.25) is 5.95 Å². The number of carbonyl (C=O) groups excluding carboxylic acids is 1. The van der Waals surface area contributed by atoms with Crippen LogP contribution in [0.5, 0.6) is 0 Å². The lowest BCUT2D eigenvalue weighted by Crippen LogP contribution is -2.55. The van der Waals surface area contributed by atoms with Gasteiger partial charge in [-0.05, 0) is 99.2 Å². The van der Waals surface area contributed by atoms with Gasteiger partial charge in [0.1, 0.15) is 5.52 Å². The molecule has 1 N–H and O–H groups in total. The summed E-state index contributed by atoms with van der Waals surface area (Å²) in [5.41, 5.74) is 0.542. The van der Waals surface area contributed by atoms with Crippen molar-refractivity contribution in [3.63, 3.8) is 0 Å². The maximum atomic E-state index is 13.6. The summed E-state index contributed by atoms with van der Waals surface area (Å²) in [4.78, 5) is 17.2. The van der Waals surface area contributed by atoms with Gasteiger partial charge in [-0.1, -0.05) is 13.8 Å². The minimum absolute atomic E-state index is 0.0713. The molecular weight excluding hydrogens is 429 g/mol. The first-order valence-corrected chi connectivity index (χ1v) is 13.3. The van der Waals surface area contributed by atoms with Gasteiger partial charge in [-0.3, -0.25) is 9.48 Å². The third-order valence-electron chi connectivity index (χ3n) is 11.1. The van der Waals surface area contributed by atoms with Crippen LogP contribution >= 0.6 is 0 Å². The van der Waals surface area contributed by atoms with E-state index in [0.717, 1.165) is 44.4 Å².